The number of hydrogen-bond acceptors (Lipinski definition) is 2. The van der Waals surface area contributed by atoms with Crippen molar-refractivity contribution in [3.63, 3.8) is 0 Å². The van der Waals surface area contributed by atoms with Crippen LogP contribution in [0.1, 0.15) is 5.56 Å². The van der Waals surface area contributed by atoms with Crippen LogP contribution in [0.25, 0.3) is 11.3 Å². The van der Waals surface area contributed by atoms with E-state index >= 15 is 0 Å². The molecule has 0 atom stereocenters. The van der Waals surface area contributed by atoms with Crippen LogP contribution in [-0.2, 0) is 6.18 Å². The van der Waals surface area contributed by atoms with Crippen LogP contribution in [0.2, 0.25) is 0 Å². The summed E-state index contributed by atoms with van der Waals surface area (Å²) in [7, 11) is 0. The molecule has 2 N–H and O–H groups in total. The Morgan fingerprint density at radius 2 is 1.68 bits per heavy atom. The Morgan fingerprint density at radius 1 is 0.920 bits per heavy atom. The van der Waals surface area contributed by atoms with Gasteiger partial charge in [0.2, 0.25) is 0 Å². The molecule has 0 aliphatic carbocycles. The summed E-state index contributed by atoms with van der Waals surface area (Å²) in [6.07, 6.45) is -3.01. The molecule has 0 aliphatic heterocycles. The van der Waals surface area contributed by atoms with Gasteiger partial charge in [-0.2, -0.15) is 13.2 Å². The number of aromatic nitrogens is 1. The van der Waals surface area contributed by atoms with Crippen molar-refractivity contribution in [1.82, 2.24) is 4.98 Å². The molecular formula is C17H11F5N2S. The highest BCUT2D eigenvalue weighted by Crippen LogP contribution is 2.33. The summed E-state index contributed by atoms with van der Waals surface area (Å²) in [5.74, 6) is -1.39. The Balaban J connectivity index is 1.72. The third kappa shape index (κ3) is 3.96. The first kappa shape index (κ1) is 17.3. The molecule has 2 aromatic carbocycles. The number of H-pyrrole nitrogens is 1. The van der Waals surface area contributed by atoms with Gasteiger partial charge in [0.05, 0.1) is 11.3 Å². The van der Waals surface area contributed by atoms with Crippen molar-refractivity contribution in [1.29, 1.82) is 0 Å². The van der Waals surface area contributed by atoms with E-state index < -0.39 is 17.6 Å². The first-order chi connectivity index (χ1) is 11.8. The average Bonchev–Trinajstić information content (AvgIpc) is 3.02. The maximum atomic E-state index is 13.8. The smallest absolute Gasteiger partial charge is 0.360 e. The Morgan fingerprint density at radius 3 is 2.36 bits per heavy atom. The quantitative estimate of drug-likeness (QED) is 0.429. The summed E-state index contributed by atoms with van der Waals surface area (Å²) >= 11 is 0.997. The maximum absolute atomic E-state index is 13.8. The minimum Gasteiger partial charge on any atom is -0.360 e. The topological polar surface area (TPSA) is 27.8 Å². The zero-order valence-electron chi connectivity index (χ0n) is 12.5. The molecule has 0 radical (unpaired) electrons. The van der Waals surface area contributed by atoms with Gasteiger partial charge in [0.25, 0.3) is 0 Å². The number of alkyl halides is 3. The van der Waals surface area contributed by atoms with Gasteiger partial charge in [0, 0.05) is 22.3 Å². The van der Waals surface area contributed by atoms with E-state index in [0.717, 1.165) is 24.1 Å². The van der Waals surface area contributed by atoms with E-state index in [1.54, 1.807) is 30.5 Å². The molecule has 0 fully saturated rings. The van der Waals surface area contributed by atoms with E-state index in [9.17, 15) is 22.0 Å². The van der Waals surface area contributed by atoms with Crippen molar-refractivity contribution in [3.05, 3.63) is 71.9 Å². The molecule has 3 rings (SSSR count). The van der Waals surface area contributed by atoms with Crippen molar-refractivity contribution < 1.29 is 22.0 Å². The highest BCUT2D eigenvalue weighted by molar-refractivity contribution is 8.00. The van der Waals surface area contributed by atoms with Crippen molar-refractivity contribution in [2.75, 3.05) is 4.72 Å². The molecule has 130 valence electrons. The van der Waals surface area contributed by atoms with E-state index in [1.165, 1.54) is 6.07 Å². The van der Waals surface area contributed by atoms with Gasteiger partial charge in [-0.15, -0.1) is 0 Å². The van der Waals surface area contributed by atoms with Gasteiger partial charge in [0.1, 0.15) is 11.6 Å². The Hall–Kier alpha value is -2.48. The van der Waals surface area contributed by atoms with Crippen LogP contribution in [0.3, 0.4) is 0 Å². The van der Waals surface area contributed by atoms with Gasteiger partial charge in [-0.3, -0.25) is 0 Å². The number of aromatic amines is 1. The van der Waals surface area contributed by atoms with Gasteiger partial charge in [-0.1, -0.05) is 12.1 Å². The van der Waals surface area contributed by atoms with Crippen LogP contribution < -0.4 is 4.72 Å². The molecule has 0 saturated heterocycles. The van der Waals surface area contributed by atoms with Crippen molar-refractivity contribution in [2.24, 2.45) is 0 Å². The van der Waals surface area contributed by atoms with Crippen molar-refractivity contribution in [2.45, 2.75) is 11.1 Å². The normalized spacial score (nSPS) is 11.6. The number of hydrogen-bond donors (Lipinski definition) is 2. The van der Waals surface area contributed by atoms with E-state index in [-0.39, 0.29) is 11.5 Å². The molecule has 0 aliphatic rings. The van der Waals surface area contributed by atoms with Gasteiger partial charge in [-0.05, 0) is 48.3 Å². The number of benzene rings is 2. The molecule has 1 heterocycles. The van der Waals surface area contributed by atoms with Gasteiger partial charge in [-0.25, -0.2) is 8.78 Å². The van der Waals surface area contributed by atoms with Crippen LogP contribution >= 0.6 is 11.9 Å². The predicted molar refractivity (Wildman–Crippen MR) is 87.1 cm³/mol. The summed E-state index contributed by atoms with van der Waals surface area (Å²) in [6, 6.07) is 10.1. The first-order valence-electron chi connectivity index (χ1n) is 7.07. The average molecular weight is 370 g/mol. The fourth-order valence-corrected chi connectivity index (χ4v) is 2.84. The number of halogens is 5. The van der Waals surface area contributed by atoms with Gasteiger partial charge < -0.3 is 9.71 Å². The lowest BCUT2D eigenvalue weighted by atomic mass is 10.1. The summed E-state index contributed by atoms with van der Waals surface area (Å²) in [4.78, 5) is 3.52. The fraction of sp³-hybridized carbons (Fsp3) is 0.0588. The molecule has 2 nitrogen and oxygen atoms in total. The highest BCUT2D eigenvalue weighted by Gasteiger charge is 2.31. The second kappa shape index (κ2) is 6.79. The third-order valence-corrected chi connectivity index (χ3v) is 4.19. The molecule has 0 bridgehead atoms. The Labute approximate surface area is 144 Å². The zero-order chi connectivity index (χ0) is 18.0. The fourth-order valence-electron chi connectivity index (χ4n) is 2.16. The molecule has 8 heteroatoms. The monoisotopic (exact) mass is 370 g/mol. The predicted octanol–water partition coefficient (Wildman–Crippen LogP) is 6.10. The second-order valence-corrected chi connectivity index (χ2v) is 6.01. The summed E-state index contributed by atoms with van der Waals surface area (Å²) in [6.45, 7) is 0. The third-order valence-electron chi connectivity index (χ3n) is 3.40. The number of rotatable bonds is 4. The first-order valence-corrected chi connectivity index (χ1v) is 7.89. The highest BCUT2D eigenvalue weighted by atomic mass is 32.2. The SMILES string of the molecule is Fc1cc(C(F)(F)F)ccc1NSc1c[nH]c(-c2ccccc2F)c1. The zero-order valence-corrected chi connectivity index (χ0v) is 13.3. The maximum Gasteiger partial charge on any atom is 0.416 e. The minimum atomic E-state index is -4.60. The number of nitrogens with one attached hydrogen (secondary N) is 2. The van der Waals surface area contributed by atoms with Crippen LogP contribution in [-0.4, -0.2) is 4.98 Å². The van der Waals surface area contributed by atoms with E-state index in [4.69, 9.17) is 0 Å². The summed E-state index contributed by atoms with van der Waals surface area (Å²) < 4.78 is 67.7. The Kier molecular flexibility index (Phi) is 4.71. The lowest BCUT2D eigenvalue weighted by Gasteiger charge is -2.09. The second-order valence-electron chi connectivity index (χ2n) is 5.13. The molecule has 0 spiro atoms. The minimum absolute atomic E-state index is 0.0772. The Bertz CT molecular complexity index is 889. The van der Waals surface area contributed by atoms with E-state index in [1.807, 2.05) is 0 Å². The van der Waals surface area contributed by atoms with Crippen LogP contribution in [0.4, 0.5) is 27.6 Å². The van der Waals surface area contributed by atoms with Crippen molar-refractivity contribution >= 4 is 17.6 Å². The van der Waals surface area contributed by atoms with Crippen molar-refractivity contribution in [3.8, 4) is 11.3 Å². The summed E-state index contributed by atoms with van der Waals surface area (Å²) in [5, 5.41) is 0. The molecule has 25 heavy (non-hydrogen) atoms. The largest absolute Gasteiger partial charge is 0.416 e. The van der Waals surface area contributed by atoms with Crippen LogP contribution in [0, 0.1) is 11.6 Å². The standard InChI is InChI=1S/C17H11F5N2S/c18-13-4-2-1-3-12(13)16-8-11(9-23-16)25-24-15-6-5-10(7-14(15)19)17(20,21)22/h1-9,23-24H. The summed E-state index contributed by atoms with van der Waals surface area (Å²) in [5.41, 5.74) is -0.207. The molecular weight excluding hydrogens is 359 g/mol. The van der Waals surface area contributed by atoms with E-state index in [0.29, 0.717) is 22.2 Å². The molecule has 1 aromatic heterocycles. The molecule has 3 aromatic rings. The lowest BCUT2D eigenvalue weighted by molar-refractivity contribution is -0.137. The van der Waals surface area contributed by atoms with Gasteiger partial charge in [0.15, 0.2) is 0 Å². The van der Waals surface area contributed by atoms with Gasteiger partial charge >= 0.3 is 6.18 Å². The molecule has 0 saturated carbocycles. The van der Waals surface area contributed by atoms with Crippen LogP contribution in [0.5, 0.6) is 0 Å². The lowest BCUT2D eigenvalue weighted by Crippen LogP contribution is -2.05. The molecule has 0 unspecified atom stereocenters. The number of anilines is 1. The molecule has 0 amide bonds. The van der Waals surface area contributed by atoms with E-state index in [2.05, 4.69) is 9.71 Å². The van der Waals surface area contributed by atoms with Crippen LogP contribution in [0.15, 0.2) is 59.6 Å².